The number of hydrogen-bond acceptors (Lipinski definition) is 2. The summed E-state index contributed by atoms with van der Waals surface area (Å²) >= 11 is 0. The van der Waals surface area contributed by atoms with Crippen LogP contribution < -0.4 is 5.32 Å². The minimum Gasteiger partial charge on any atom is -0.480 e. The Kier molecular flexibility index (Phi) is 5.31. The van der Waals surface area contributed by atoms with E-state index in [1.54, 1.807) is 0 Å². The van der Waals surface area contributed by atoms with Crippen LogP contribution in [-0.2, 0) is 17.6 Å². The molecule has 3 heteroatoms. The highest BCUT2D eigenvalue weighted by atomic mass is 16.4. The van der Waals surface area contributed by atoms with E-state index in [2.05, 4.69) is 47.8 Å². The lowest BCUT2D eigenvalue weighted by molar-refractivity contribution is -0.139. The van der Waals surface area contributed by atoms with E-state index < -0.39 is 12.0 Å². The van der Waals surface area contributed by atoms with Gasteiger partial charge in [-0.2, -0.15) is 0 Å². The van der Waals surface area contributed by atoms with Crippen LogP contribution in [0.3, 0.4) is 0 Å². The molecule has 1 aliphatic carbocycles. The quantitative estimate of drug-likeness (QED) is 0.843. The number of carbonyl (C=O) groups is 1. The Morgan fingerprint density at radius 1 is 1.17 bits per heavy atom. The zero-order valence-corrected chi connectivity index (χ0v) is 14.2. The van der Waals surface area contributed by atoms with E-state index >= 15 is 0 Å². The van der Waals surface area contributed by atoms with Crippen LogP contribution >= 0.6 is 0 Å². The lowest BCUT2D eigenvalue weighted by Gasteiger charge is -2.28. The van der Waals surface area contributed by atoms with Gasteiger partial charge < -0.3 is 10.4 Å². The molecule has 0 heterocycles. The molecule has 0 aliphatic heterocycles. The maximum absolute atomic E-state index is 11.4. The lowest BCUT2D eigenvalue weighted by Crippen LogP contribution is -2.45. The van der Waals surface area contributed by atoms with Gasteiger partial charge in [0.15, 0.2) is 0 Å². The summed E-state index contributed by atoms with van der Waals surface area (Å²) in [6, 6.07) is 16.9. The second-order valence-electron chi connectivity index (χ2n) is 6.64. The highest BCUT2D eigenvalue weighted by Crippen LogP contribution is 2.28. The van der Waals surface area contributed by atoms with Gasteiger partial charge in [0.25, 0.3) is 0 Å². The summed E-state index contributed by atoms with van der Waals surface area (Å²) in [6.07, 6.45) is 4.49. The van der Waals surface area contributed by atoms with Gasteiger partial charge in [-0.3, -0.25) is 4.79 Å². The molecule has 24 heavy (non-hydrogen) atoms. The number of benzene rings is 2. The zero-order chi connectivity index (χ0) is 16.9. The predicted octanol–water partition coefficient (Wildman–Crippen LogP) is 4.05. The number of aliphatic carboxylic acids is 1. The van der Waals surface area contributed by atoms with Gasteiger partial charge in [-0.05, 0) is 47.9 Å². The fourth-order valence-electron chi connectivity index (χ4n) is 3.56. The van der Waals surface area contributed by atoms with Crippen molar-refractivity contribution < 1.29 is 9.90 Å². The fraction of sp³-hybridized carbons (Fsp3) is 0.381. The molecular formula is C21H25NO2. The highest BCUT2D eigenvalue weighted by Gasteiger charge is 2.24. The average molecular weight is 323 g/mol. The first-order valence-corrected chi connectivity index (χ1v) is 8.83. The molecule has 3 rings (SSSR count). The van der Waals surface area contributed by atoms with Crippen molar-refractivity contribution in [1.29, 1.82) is 0 Å². The molecule has 0 amide bonds. The molecule has 2 aromatic carbocycles. The van der Waals surface area contributed by atoms with Gasteiger partial charge in [-0.1, -0.05) is 61.9 Å². The van der Waals surface area contributed by atoms with Crippen molar-refractivity contribution in [2.45, 2.75) is 51.1 Å². The second kappa shape index (κ2) is 7.63. The first-order chi connectivity index (χ1) is 11.7. The van der Waals surface area contributed by atoms with Gasteiger partial charge in [0.05, 0.1) is 0 Å². The van der Waals surface area contributed by atoms with Crippen molar-refractivity contribution in [3.8, 4) is 11.1 Å². The van der Waals surface area contributed by atoms with E-state index in [9.17, 15) is 9.90 Å². The second-order valence-corrected chi connectivity index (χ2v) is 6.64. The Labute approximate surface area is 143 Å². The third kappa shape index (κ3) is 3.85. The minimum absolute atomic E-state index is 0.246. The molecule has 0 radical (unpaired) electrons. The molecule has 0 fully saturated rings. The molecule has 2 unspecified atom stereocenters. The zero-order valence-electron chi connectivity index (χ0n) is 14.2. The molecule has 2 aromatic rings. The topological polar surface area (TPSA) is 49.3 Å². The van der Waals surface area contributed by atoms with Gasteiger partial charge in [0, 0.05) is 6.04 Å². The van der Waals surface area contributed by atoms with E-state index in [0.717, 1.165) is 25.7 Å². The molecule has 2 N–H and O–H groups in total. The molecule has 2 atom stereocenters. The Balaban J connectivity index is 1.76. The number of hydrogen-bond donors (Lipinski definition) is 2. The Morgan fingerprint density at radius 3 is 2.67 bits per heavy atom. The maximum atomic E-state index is 11.4. The number of fused-ring (bicyclic) bond motifs is 1. The summed E-state index contributed by atoms with van der Waals surface area (Å²) in [5.74, 6) is -0.735. The van der Waals surface area contributed by atoms with Gasteiger partial charge >= 0.3 is 5.97 Å². The first-order valence-electron chi connectivity index (χ1n) is 8.83. The van der Waals surface area contributed by atoms with E-state index in [0.29, 0.717) is 6.42 Å². The summed E-state index contributed by atoms with van der Waals surface area (Å²) in [7, 11) is 0. The van der Waals surface area contributed by atoms with Gasteiger partial charge in [0.1, 0.15) is 6.04 Å². The van der Waals surface area contributed by atoms with Crippen molar-refractivity contribution in [2.24, 2.45) is 0 Å². The third-order valence-corrected chi connectivity index (χ3v) is 4.85. The normalized spacial score (nSPS) is 18.0. The van der Waals surface area contributed by atoms with Crippen molar-refractivity contribution in [3.63, 3.8) is 0 Å². The minimum atomic E-state index is -0.735. The lowest BCUT2D eigenvalue weighted by atomic mass is 9.86. The number of rotatable bonds is 6. The molecular weight excluding hydrogens is 298 g/mol. The number of carboxylic acids is 1. The monoisotopic (exact) mass is 323 g/mol. The summed E-state index contributed by atoms with van der Waals surface area (Å²) < 4.78 is 0. The maximum Gasteiger partial charge on any atom is 0.320 e. The van der Waals surface area contributed by atoms with E-state index in [4.69, 9.17) is 0 Å². The molecule has 0 saturated carbocycles. The number of aryl methyl sites for hydroxylation is 1. The van der Waals surface area contributed by atoms with Gasteiger partial charge in [-0.15, -0.1) is 0 Å². The standard InChI is InChI=1S/C21H25NO2/c1-2-6-20(21(23)24)22-19-12-11-16-9-10-17(13-18(16)14-19)15-7-4-3-5-8-15/h3-5,7-10,13,19-20,22H,2,6,11-12,14H2,1H3,(H,23,24). The Hall–Kier alpha value is -2.13. The molecule has 126 valence electrons. The van der Waals surface area contributed by atoms with Crippen LogP contribution in [0, 0.1) is 0 Å². The summed E-state index contributed by atoms with van der Waals surface area (Å²) in [4.78, 5) is 11.4. The van der Waals surface area contributed by atoms with Crippen LogP contribution in [-0.4, -0.2) is 23.2 Å². The molecule has 1 aliphatic rings. The smallest absolute Gasteiger partial charge is 0.320 e. The average Bonchev–Trinajstić information content (AvgIpc) is 2.61. The van der Waals surface area contributed by atoms with Crippen LogP contribution in [0.15, 0.2) is 48.5 Å². The largest absolute Gasteiger partial charge is 0.480 e. The van der Waals surface area contributed by atoms with Crippen LogP contribution in [0.4, 0.5) is 0 Å². The van der Waals surface area contributed by atoms with Gasteiger partial charge in [0.2, 0.25) is 0 Å². The molecule has 0 bridgehead atoms. The molecule has 0 aromatic heterocycles. The van der Waals surface area contributed by atoms with Crippen molar-refractivity contribution >= 4 is 5.97 Å². The van der Waals surface area contributed by atoms with E-state index in [1.165, 1.54) is 22.3 Å². The van der Waals surface area contributed by atoms with E-state index in [-0.39, 0.29) is 6.04 Å². The SMILES string of the molecule is CCCC(NC1CCc2ccc(-c3ccccc3)cc2C1)C(=O)O. The molecule has 0 saturated heterocycles. The van der Waals surface area contributed by atoms with Crippen molar-refractivity contribution in [3.05, 3.63) is 59.7 Å². The molecule has 3 nitrogen and oxygen atoms in total. The summed E-state index contributed by atoms with van der Waals surface area (Å²) in [6.45, 7) is 2.03. The Bertz CT molecular complexity index is 696. The summed E-state index contributed by atoms with van der Waals surface area (Å²) in [5.41, 5.74) is 5.21. The fourth-order valence-corrected chi connectivity index (χ4v) is 3.56. The van der Waals surface area contributed by atoms with Crippen LogP contribution in [0.1, 0.15) is 37.3 Å². The van der Waals surface area contributed by atoms with Crippen LogP contribution in [0.5, 0.6) is 0 Å². The van der Waals surface area contributed by atoms with Crippen LogP contribution in [0.2, 0.25) is 0 Å². The molecule has 0 spiro atoms. The van der Waals surface area contributed by atoms with E-state index in [1.807, 2.05) is 13.0 Å². The number of nitrogens with one attached hydrogen (secondary N) is 1. The Morgan fingerprint density at radius 2 is 1.96 bits per heavy atom. The number of carboxylic acid groups (broad SMARTS) is 1. The first kappa shape index (κ1) is 16.7. The highest BCUT2D eigenvalue weighted by molar-refractivity contribution is 5.73. The van der Waals surface area contributed by atoms with Crippen molar-refractivity contribution in [1.82, 2.24) is 5.32 Å². The van der Waals surface area contributed by atoms with Crippen LogP contribution in [0.25, 0.3) is 11.1 Å². The van der Waals surface area contributed by atoms with Crippen molar-refractivity contribution in [2.75, 3.05) is 0 Å². The summed E-state index contributed by atoms with van der Waals surface area (Å²) in [5, 5.41) is 12.7. The predicted molar refractivity (Wildman–Crippen MR) is 97.2 cm³/mol. The van der Waals surface area contributed by atoms with Gasteiger partial charge in [-0.25, -0.2) is 0 Å². The third-order valence-electron chi connectivity index (χ3n) is 4.85.